The van der Waals surface area contributed by atoms with Gasteiger partial charge in [0.2, 0.25) is 0 Å². The number of hydrogen-bond acceptors (Lipinski definition) is 4. The highest BCUT2D eigenvalue weighted by Crippen LogP contribution is 2.17. The van der Waals surface area contributed by atoms with Crippen LogP contribution in [0.1, 0.15) is 30.2 Å². The fourth-order valence-corrected chi connectivity index (χ4v) is 2.37. The first-order valence-electron chi connectivity index (χ1n) is 7.47. The van der Waals surface area contributed by atoms with Crippen molar-refractivity contribution in [2.75, 3.05) is 19.0 Å². The first-order valence-corrected chi connectivity index (χ1v) is 7.47. The molecule has 1 N–H and O–H groups in total. The maximum absolute atomic E-state index is 4.78. The molecule has 0 saturated carbocycles. The van der Waals surface area contributed by atoms with Gasteiger partial charge in [0.05, 0.1) is 0 Å². The molecular weight excluding hydrogens is 260 g/mol. The first-order chi connectivity index (χ1) is 10.2. The van der Waals surface area contributed by atoms with Crippen molar-refractivity contribution in [1.29, 1.82) is 0 Å². The Balaban J connectivity index is 2.20. The van der Waals surface area contributed by atoms with Crippen molar-refractivity contribution in [2.24, 2.45) is 0 Å². The Morgan fingerprint density at radius 2 is 2.10 bits per heavy atom. The van der Waals surface area contributed by atoms with E-state index in [9.17, 15) is 0 Å². The van der Waals surface area contributed by atoms with Gasteiger partial charge in [0.1, 0.15) is 5.82 Å². The van der Waals surface area contributed by atoms with Crippen LogP contribution in [0.3, 0.4) is 0 Å². The fraction of sp³-hybridized carbons (Fsp3) is 0.412. The summed E-state index contributed by atoms with van der Waals surface area (Å²) in [6.45, 7) is 3.87. The Kier molecular flexibility index (Phi) is 5.69. The highest BCUT2D eigenvalue weighted by atomic mass is 15.2. The van der Waals surface area contributed by atoms with E-state index in [-0.39, 0.29) is 0 Å². The lowest BCUT2D eigenvalue weighted by molar-refractivity contribution is 0.796. The number of nitrogens with one attached hydrogen (secondary N) is 1. The Labute approximate surface area is 127 Å². The van der Waals surface area contributed by atoms with E-state index in [4.69, 9.17) is 4.98 Å². The van der Waals surface area contributed by atoms with Crippen molar-refractivity contribution in [3.63, 3.8) is 0 Å². The Morgan fingerprint density at radius 3 is 2.76 bits per heavy atom. The van der Waals surface area contributed by atoms with Crippen molar-refractivity contribution in [2.45, 2.75) is 32.9 Å². The second-order valence-corrected chi connectivity index (χ2v) is 5.32. The smallest absolute Gasteiger partial charge is 0.129 e. The van der Waals surface area contributed by atoms with Crippen LogP contribution in [0.25, 0.3) is 0 Å². The second-order valence-electron chi connectivity index (χ2n) is 5.32. The predicted molar refractivity (Wildman–Crippen MR) is 87.3 cm³/mol. The van der Waals surface area contributed by atoms with Gasteiger partial charge in [-0.1, -0.05) is 19.4 Å². The molecule has 0 spiro atoms. The number of hydrogen-bond donors (Lipinski definition) is 1. The summed E-state index contributed by atoms with van der Waals surface area (Å²) in [6, 6.07) is 8.41. The number of anilines is 1. The van der Waals surface area contributed by atoms with Gasteiger partial charge in [0.25, 0.3) is 0 Å². The molecule has 0 aliphatic rings. The molecule has 2 aromatic rings. The summed E-state index contributed by atoms with van der Waals surface area (Å²) in [6.07, 6.45) is 5.84. The summed E-state index contributed by atoms with van der Waals surface area (Å²) >= 11 is 0. The molecule has 0 aromatic carbocycles. The van der Waals surface area contributed by atoms with Gasteiger partial charge in [-0.2, -0.15) is 0 Å². The average molecular weight is 284 g/mol. The molecule has 2 rings (SSSR count). The van der Waals surface area contributed by atoms with Gasteiger partial charge in [0, 0.05) is 38.2 Å². The van der Waals surface area contributed by atoms with E-state index in [1.54, 1.807) is 6.20 Å². The summed E-state index contributed by atoms with van der Waals surface area (Å²) in [4.78, 5) is 11.1. The molecule has 0 fully saturated rings. The Morgan fingerprint density at radius 1 is 1.24 bits per heavy atom. The normalized spacial score (nSPS) is 10.6. The van der Waals surface area contributed by atoms with E-state index in [0.29, 0.717) is 0 Å². The summed E-state index contributed by atoms with van der Waals surface area (Å²) in [5.41, 5.74) is 3.64. The summed E-state index contributed by atoms with van der Waals surface area (Å²) in [5.74, 6) is 1.02. The molecule has 0 saturated heterocycles. The molecule has 21 heavy (non-hydrogen) atoms. The maximum atomic E-state index is 4.78. The zero-order valence-corrected chi connectivity index (χ0v) is 13.1. The van der Waals surface area contributed by atoms with Crippen LogP contribution in [0.4, 0.5) is 5.82 Å². The zero-order chi connectivity index (χ0) is 15.1. The molecule has 4 nitrogen and oxygen atoms in total. The number of aromatic nitrogens is 2. The molecule has 112 valence electrons. The Hall–Kier alpha value is -1.94. The highest BCUT2D eigenvalue weighted by Gasteiger charge is 2.07. The molecule has 0 amide bonds. The van der Waals surface area contributed by atoms with Gasteiger partial charge in [-0.05, 0) is 42.8 Å². The quantitative estimate of drug-likeness (QED) is 0.849. The van der Waals surface area contributed by atoms with Crippen molar-refractivity contribution in [1.82, 2.24) is 15.3 Å². The molecule has 0 unspecified atom stereocenters. The predicted octanol–water partition coefficient (Wildman–Crippen LogP) is 2.78. The van der Waals surface area contributed by atoms with Gasteiger partial charge >= 0.3 is 0 Å². The van der Waals surface area contributed by atoms with Gasteiger partial charge in [-0.15, -0.1) is 0 Å². The van der Waals surface area contributed by atoms with Crippen molar-refractivity contribution >= 4 is 5.82 Å². The van der Waals surface area contributed by atoms with Crippen LogP contribution in [0, 0.1) is 0 Å². The second kappa shape index (κ2) is 7.74. The summed E-state index contributed by atoms with van der Waals surface area (Å²) in [7, 11) is 4.05. The lowest BCUT2D eigenvalue weighted by atomic mass is 10.1. The lowest BCUT2D eigenvalue weighted by Crippen LogP contribution is -2.19. The molecule has 0 aliphatic carbocycles. The molecule has 4 heteroatoms. The third-order valence-electron chi connectivity index (χ3n) is 3.35. The first kappa shape index (κ1) is 15.4. The van der Waals surface area contributed by atoms with Crippen molar-refractivity contribution in [3.8, 4) is 0 Å². The molecule has 0 aliphatic heterocycles. The largest absolute Gasteiger partial charge is 0.355 e. The van der Waals surface area contributed by atoms with E-state index < -0.39 is 0 Å². The Bertz CT molecular complexity index is 530. The van der Waals surface area contributed by atoms with E-state index in [1.165, 1.54) is 16.8 Å². The van der Waals surface area contributed by atoms with Crippen LogP contribution in [0.2, 0.25) is 0 Å². The minimum Gasteiger partial charge on any atom is -0.355 e. The topological polar surface area (TPSA) is 41.0 Å². The molecule has 0 radical (unpaired) electrons. The standard InChI is InChI=1S/C17H24N4/c1-4-6-16-9-15(11-18-2)10-17(20-16)21(3)13-14-7-5-8-19-12-14/h5,7-10,12,18H,4,6,11,13H2,1-3H3. The summed E-state index contributed by atoms with van der Waals surface area (Å²) < 4.78 is 0. The van der Waals surface area contributed by atoms with Gasteiger partial charge in [-0.25, -0.2) is 4.98 Å². The van der Waals surface area contributed by atoms with Crippen LogP contribution in [-0.2, 0) is 19.5 Å². The van der Waals surface area contributed by atoms with Crippen molar-refractivity contribution in [3.05, 3.63) is 53.5 Å². The van der Waals surface area contributed by atoms with E-state index in [0.717, 1.165) is 31.7 Å². The third-order valence-corrected chi connectivity index (χ3v) is 3.35. The number of rotatable bonds is 7. The molecule has 2 aromatic heterocycles. The van der Waals surface area contributed by atoms with E-state index >= 15 is 0 Å². The van der Waals surface area contributed by atoms with E-state index in [1.807, 2.05) is 19.3 Å². The van der Waals surface area contributed by atoms with Crippen LogP contribution in [-0.4, -0.2) is 24.1 Å². The maximum Gasteiger partial charge on any atom is 0.129 e. The summed E-state index contributed by atoms with van der Waals surface area (Å²) in [5, 5.41) is 3.21. The molecule has 2 heterocycles. The zero-order valence-electron chi connectivity index (χ0n) is 13.1. The van der Waals surface area contributed by atoms with Crippen LogP contribution >= 0.6 is 0 Å². The highest BCUT2D eigenvalue weighted by molar-refractivity contribution is 5.42. The monoisotopic (exact) mass is 284 g/mol. The average Bonchev–Trinajstić information content (AvgIpc) is 2.49. The van der Waals surface area contributed by atoms with Gasteiger partial charge < -0.3 is 10.2 Å². The van der Waals surface area contributed by atoms with Crippen LogP contribution < -0.4 is 10.2 Å². The van der Waals surface area contributed by atoms with Crippen molar-refractivity contribution < 1.29 is 0 Å². The molecule has 0 atom stereocenters. The number of nitrogens with zero attached hydrogens (tertiary/aromatic N) is 3. The molecular formula is C17H24N4. The van der Waals surface area contributed by atoms with Crippen LogP contribution in [0.15, 0.2) is 36.7 Å². The number of aryl methyl sites for hydroxylation is 1. The molecule has 0 bridgehead atoms. The van der Waals surface area contributed by atoms with Gasteiger partial charge in [0.15, 0.2) is 0 Å². The lowest BCUT2D eigenvalue weighted by Gasteiger charge is -2.20. The fourth-order valence-electron chi connectivity index (χ4n) is 2.37. The SMILES string of the molecule is CCCc1cc(CNC)cc(N(C)Cc2cccnc2)n1. The van der Waals surface area contributed by atoms with Crippen LogP contribution in [0.5, 0.6) is 0 Å². The minimum atomic E-state index is 0.815. The third kappa shape index (κ3) is 4.53. The number of pyridine rings is 2. The van der Waals surface area contributed by atoms with Gasteiger partial charge in [-0.3, -0.25) is 4.98 Å². The minimum absolute atomic E-state index is 0.815. The van der Waals surface area contributed by atoms with E-state index in [2.05, 4.69) is 47.4 Å².